The molecular weight excluding hydrogens is 212 g/mol. The van der Waals surface area contributed by atoms with Crippen LogP contribution in [0.25, 0.3) is 0 Å². The average molecular weight is 228 g/mol. The standard InChI is InChI=1S/C9H16N4OS/c1-8(2)5-9(3)12(7(15)11-8)4-6(14)13(9)10/h4-5,10H2,1-3H3,(H,11,15)/t9-/m1/s1. The lowest BCUT2D eigenvalue weighted by Gasteiger charge is -2.50. The molecule has 0 aromatic heterocycles. The molecule has 0 unspecified atom stereocenters. The van der Waals surface area contributed by atoms with Crippen LogP contribution in [0.15, 0.2) is 0 Å². The number of amides is 1. The van der Waals surface area contributed by atoms with Gasteiger partial charge in [-0.15, -0.1) is 0 Å². The molecule has 2 saturated heterocycles. The zero-order chi connectivity index (χ0) is 11.4. The molecule has 0 radical (unpaired) electrons. The van der Waals surface area contributed by atoms with Crippen molar-refractivity contribution in [3.8, 4) is 0 Å². The van der Waals surface area contributed by atoms with Gasteiger partial charge in [-0.1, -0.05) is 0 Å². The second-order valence-corrected chi connectivity index (χ2v) is 5.44. The van der Waals surface area contributed by atoms with E-state index >= 15 is 0 Å². The molecule has 2 fully saturated rings. The SMILES string of the molecule is CC1(C)C[C@@]2(C)N(N)C(=O)CN2C(=S)N1. The molecule has 15 heavy (non-hydrogen) atoms. The van der Waals surface area contributed by atoms with Gasteiger partial charge in [-0.3, -0.25) is 9.80 Å². The lowest BCUT2D eigenvalue weighted by molar-refractivity contribution is -0.131. The summed E-state index contributed by atoms with van der Waals surface area (Å²) in [6.07, 6.45) is 0.752. The smallest absolute Gasteiger partial charge is 0.258 e. The highest BCUT2D eigenvalue weighted by atomic mass is 32.1. The Morgan fingerprint density at radius 3 is 2.67 bits per heavy atom. The van der Waals surface area contributed by atoms with E-state index in [1.54, 1.807) is 0 Å². The maximum absolute atomic E-state index is 11.6. The first-order chi connectivity index (χ1) is 6.76. The van der Waals surface area contributed by atoms with Gasteiger partial charge in [0.2, 0.25) is 0 Å². The number of nitrogens with one attached hydrogen (secondary N) is 1. The molecule has 5 nitrogen and oxygen atoms in total. The van der Waals surface area contributed by atoms with Crippen LogP contribution in [0.2, 0.25) is 0 Å². The molecule has 0 aromatic carbocycles. The Bertz CT molecular complexity index is 343. The van der Waals surface area contributed by atoms with Crippen molar-refractivity contribution in [2.45, 2.75) is 38.4 Å². The third-order valence-corrected chi connectivity index (χ3v) is 3.45. The number of carbonyl (C=O) groups excluding carboxylic acids is 1. The summed E-state index contributed by atoms with van der Waals surface area (Å²) in [6, 6.07) is 0. The van der Waals surface area contributed by atoms with E-state index in [0.29, 0.717) is 5.11 Å². The Kier molecular flexibility index (Phi) is 2.00. The van der Waals surface area contributed by atoms with Crippen LogP contribution in [0.3, 0.4) is 0 Å². The number of hydrogen-bond acceptors (Lipinski definition) is 3. The zero-order valence-electron chi connectivity index (χ0n) is 9.20. The van der Waals surface area contributed by atoms with Gasteiger partial charge in [-0.05, 0) is 33.0 Å². The molecule has 0 bridgehead atoms. The minimum atomic E-state index is -0.483. The van der Waals surface area contributed by atoms with Crippen molar-refractivity contribution >= 4 is 23.2 Å². The molecule has 0 saturated carbocycles. The summed E-state index contributed by atoms with van der Waals surface area (Å²) in [7, 11) is 0. The summed E-state index contributed by atoms with van der Waals surface area (Å²) in [6.45, 7) is 6.33. The van der Waals surface area contributed by atoms with Gasteiger partial charge in [-0.25, -0.2) is 5.84 Å². The number of hydrazine groups is 1. The second kappa shape index (κ2) is 2.82. The monoisotopic (exact) mass is 228 g/mol. The highest BCUT2D eigenvalue weighted by molar-refractivity contribution is 7.80. The average Bonchev–Trinajstić information content (AvgIpc) is 2.27. The van der Waals surface area contributed by atoms with Crippen molar-refractivity contribution < 1.29 is 4.79 Å². The third-order valence-electron chi connectivity index (χ3n) is 3.13. The van der Waals surface area contributed by atoms with Crippen LogP contribution in [-0.4, -0.2) is 38.7 Å². The Labute approximate surface area is 94.5 Å². The summed E-state index contributed by atoms with van der Waals surface area (Å²) in [5.41, 5.74) is -0.618. The number of rotatable bonds is 0. The predicted octanol–water partition coefficient (Wildman–Crippen LogP) is -0.223. The van der Waals surface area contributed by atoms with E-state index in [9.17, 15) is 4.79 Å². The number of nitrogens with zero attached hydrogens (tertiary/aromatic N) is 2. The Hall–Kier alpha value is -0.880. The van der Waals surface area contributed by atoms with Crippen molar-refractivity contribution in [3.05, 3.63) is 0 Å². The minimum absolute atomic E-state index is 0.0839. The number of nitrogens with two attached hydrogens (primary N) is 1. The van der Waals surface area contributed by atoms with Gasteiger partial charge < -0.3 is 10.2 Å². The largest absolute Gasteiger partial charge is 0.357 e. The molecule has 2 heterocycles. The van der Waals surface area contributed by atoms with Gasteiger partial charge in [0, 0.05) is 12.0 Å². The van der Waals surface area contributed by atoms with Crippen molar-refractivity contribution in [3.63, 3.8) is 0 Å². The second-order valence-electron chi connectivity index (χ2n) is 5.06. The summed E-state index contributed by atoms with van der Waals surface area (Å²) < 4.78 is 0. The van der Waals surface area contributed by atoms with E-state index in [1.165, 1.54) is 5.01 Å². The summed E-state index contributed by atoms with van der Waals surface area (Å²) in [5, 5.41) is 5.13. The fraction of sp³-hybridized carbons (Fsp3) is 0.778. The van der Waals surface area contributed by atoms with Gasteiger partial charge in [0.05, 0.1) is 0 Å². The molecule has 0 aliphatic carbocycles. The molecule has 2 rings (SSSR count). The number of hydrogen-bond donors (Lipinski definition) is 2. The van der Waals surface area contributed by atoms with Crippen LogP contribution >= 0.6 is 12.2 Å². The van der Waals surface area contributed by atoms with E-state index in [0.717, 1.165) is 6.42 Å². The quantitative estimate of drug-likeness (QED) is 0.341. The van der Waals surface area contributed by atoms with E-state index in [2.05, 4.69) is 19.2 Å². The highest BCUT2D eigenvalue weighted by Crippen LogP contribution is 2.36. The topological polar surface area (TPSA) is 61.6 Å². The van der Waals surface area contributed by atoms with Crippen molar-refractivity contribution in [1.29, 1.82) is 0 Å². The van der Waals surface area contributed by atoms with E-state index in [-0.39, 0.29) is 18.0 Å². The van der Waals surface area contributed by atoms with Crippen LogP contribution < -0.4 is 11.2 Å². The van der Waals surface area contributed by atoms with Crippen LogP contribution in [0, 0.1) is 0 Å². The summed E-state index contributed by atoms with van der Waals surface area (Å²) in [5.74, 6) is 5.72. The van der Waals surface area contributed by atoms with E-state index < -0.39 is 5.66 Å². The first kappa shape index (κ1) is 10.6. The molecule has 2 aliphatic rings. The molecule has 3 N–H and O–H groups in total. The zero-order valence-corrected chi connectivity index (χ0v) is 10.0. The first-order valence-electron chi connectivity index (χ1n) is 4.94. The van der Waals surface area contributed by atoms with E-state index in [1.807, 2.05) is 11.8 Å². The summed E-state index contributed by atoms with van der Waals surface area (Å²) >= 11 is 5.25. The van der Waals surface area contributed by atoms with Crippen LogP contribution in [0.5, 0.6) is 0 Å². The Morgan fingerprint density at radius 1 is 1.47 bits per heavy atom. The lowest BCUT2D eigenvalue weighted by Crippen LogP contribution is -2.68. The van der Waals surface area contributed by atoms with Crippen LogP contribution in [-0.2, 0) is 4.79 Å². The summed E-state index contributed by atoms with van der Waals surface area (Å²) in [4.78, 5) is 13.4. The Balaban J connectivity index is 2.39. The molecule has 1 atom stereocenters. The third kappa shape index (κ3) is 1.39. The first-order valence-corrected chi connectivity index (χ1v) is 5.35. The number of fused-ring (bicyclic) bond motifs is 1. The van der Waals surface area contributed by atoms with Gasteiger partial charge in [0.25, 0.3) is 5.91 Å². The normalized spacial score (nSPS) is 34.1. The molecule has 0 aromatic rings. The van der Waals surface area contributed by atoms with E-state index in [4.69, 9.17) is 18.1 Å². The lowest BCUT2D eigenvalue weighted by atomic mass is 9.89. The number of carbonyl (C=O) groups is 1. The maximum atomic E-state index is 11.6. The minimum Gasteiger partial charge on any atom is -0.357 e. The maximum Gasteiger partial charge on any atom is 0.258 e. The fourth-order valence-corrected chi connectivity index (χ4v) is 3.03. The van der Waals surface area contributed by atoms with Gasteiger partial charge in [0.1, 0.15) is 12.2 Å². The van der Waals surface area contributed by atoms with Crippen LogP contribution in [0.1, 0.15) is 27.2 Å². The van der Waals surface area contributed by atoms with Crippen molar-refractivity contribution in [2.24, 2.45) is 5.84 Å². The molecule has 2 aliphatic heterocycles. The van der Waals surface area contributed by atoms with Crippen molar-refractivity contribution in [1.82, 2.24) is 15.2 Å². The fourth-order valence-electron chi connectivity index (χ4n) is 2.49. The molecule has 0 spiro atoms. The van der Waals surface area contributed by atoms with Gasteiger partial charge in [0.15, 0.2) is 5.11 Å². The number of thiocarbonyl (C=S) groups is 1. The van der Waals surface area contributed by atoms with Crippen LogP contribution in [0.4, 0.5) is 0 Å². The molecule has 84 valence electrons. The molecular formula is C9H16N4OS. The van der Waals surface area contributed by atoms with Crippen molar-refractivity contribution in [2.75, 3.05) is 6.54 Å². The highest BCUT2D eigenvalue weighted by Gasteiger charge is 2.53. The van der Waals surface area contributed by atoms with Gasteiger partial charge >= 0.3 is 0 Å². The predicted molar refractivity (Wildman–Crippen MR) is 60.6 cm³/mol. The van der Waals surface area contributed by atoms with Gasteiger partial charge in [-0.2, -0.15) is 0 Å². The molecule has 1 amide bonds. The Morgan fingerprint density at radius 2 is 2.07 bits per heavy atom. The molecule has 6 heteroatoms.